The number of anilines is 1. The van der Waals surface area contributed by atoms with Crippen LogP contribution in [-0.4, -0.2) is 14.5 Å². The van der Waals surface area contributed by atoms with Crippen LogP contribution in [0.15, 0.2) is 65.6 Å². The lowest BCUT2D eigenvalue weighted by Gasteiger charge is -2.17. The lowest BCUT2D eigenvalue weighted by molar-refractivity contribution is 0.240. The first-order valence-corrected chi connectivity index (χ1v) is 9.93. The lowest BCUT2D eigenvalue weighted by atomic mass is 10.0. The van der Waals surface area contributed by atoms with Gasteiger partial charge in [0.15, 0.2) is 0 Å². The maximum atomic E-state index is 11.4. The number of primary sulfonamides is 1. The maximum absolute atomic E-state index is 11.4. The van der Waals surface area contributed by atoms with Gasteiger partial charge in [-0.2, -0.15) is 0 Å². The van der Waals surface area contributed by atoms with Crippen LogP contribution in [0.4, 0.5) is 5.69 Å². The van der Waals surface area contributed by atoms with Crippen molar-refractivity contribution in [2.24, 2.45) is 5.14 Å². The molecule has 0 atom stereocenters. The largest absolute Gasteiger partial charge is 0.491 e. The van der Waals surface area contributed by atoms with Crippen molar-refractivity contribution in [1.82, 2.24) is 0 Å². The van der Waals surface area contributed by atoms with Gasteiger partial charge >= 0.3 is 0 Å². The minimum absolute atomic E-state index is 0.0731. The van der Waals surface area contributed by atoms with Crippen molar-refractivity contribution in [2.45, 2.75) is 31.4 Å². The molecule has 0 aliphatic heterocycles. The molecule has 0 aliphatic carbocycles. The van der Waals surface area contributed by atoms with E-state index in [1.807, 2.05) is 32.0 Å². The predicted molar refractivity (Wildman–Crippen MR) is 105 cm³/mol. The molecule has 0 radical (unpaired) electrons. The number of nitrogens with two attached hydrogens (primary N) is 1. The summed E-state index contributed by atoms with van der Waals surface area (Å²) in [6.45, 7) is 4.55. The Labute approximate surface area is 153 Å². The Morgan fingerprint density at radius 2 is 1.69 bits per heavy atom. The fraction of sp³-hybridized carbons (Fsp3) is 0.200. The zero-order chi connectivity index (χ0) is 18.7. The van der Waals surface area contributed by atoms with Gasteiger partial charge in [0.05, 0.1) is 11.0 Å². The van der Waals surface area contributed by atoms with Crippen LogP contribution in [0.2, 0.25) is 0 Å². The Bertz CT molecular complexity index is 1010. The molecule has 3 N–H and O–H groups in total. The summed E-state index contributed by atoms with van der Waals surface area (Å²) in [7, 11) is -3.68. The highest BCUT2D eigenvalue weighted by atomic mass is 32.2. The number of fused-ring (bicyclic) bond motifs is 1. The minimum atomic E-state index is -3.68. The average molecular weight is 370 g/mol. The molecule has 0 aromatic heterocycles. The van der Waals surface area contributed by atoms with Gasteiger partial charge < -0.3 is 10.1 Å². The third-order valence-electron chi connectivity index (χ3n) is 4.01. The summed E-state index contributed by atoms with van der Waals surface area (Å²) in [5, 5.41) is 10.7. The van der Waals surface area contributed by atoms with E-state index < -0.39 is 10.0 Å². The summed E-state index contributed by atoms with van der Waals surface area (Å²) < 4.78 is 28.7. The standard InChI is InChI=1S/C20H22N2O3S/c1-14(2)25-20-12-7-15-5-3-4-6-18(15)19(20)13-22-16-8-10-17(11-9-16)26(21,23)24/h3-12,14,22H,13H2,1-2H3,(H2,21,23,24). The molecule has 136 valence electrons. The molecule has 5 nitrogen and oxygen atoms in total. The fourth-order valence-corrected chi connectivity index (χ4v) is 3.33. The van der Waals surface area contributed by atoms with Gasteiger partial charge in [-0.05, 0) is 55.0 Å². The van der Waals surface area contributed by atoms with Crippen LogP contribution in [-0.2, 0) is 16.6 Å². The van der Waals surface area contributed by atoms with Crippen LogP contribution in [0.1, 0.15) is 19.4 Å². The molecule has 0 saturated carbocycles. The van der Waals surface area contributed by atoms with Crippen molar-refractivity contribution < 1.29 is 13.2 Å². The molecule has 0 saturated heterocycles. The number of hydrogen-bond donors (Lipinski definition) is 2. The van der Waals surface area contributed by atoms with Gasteiger partial charge in [-0.25, -0.2) is 13.6 Å². The summed E-state index contributed by atoms with van der Waals surface area (Å²) in [5.41, 5.74) is 1.87. The van der Waals surface area contributed by atoms with E-state index in [9.17, 15) is 8.42 Å². The monoisotopic (exact) mass is 370 g/mol. The summed E-state index contributed by atoms with van der Waals surface area (Å²) in [4.78, 5) is 0.0945. The van der Waals surface area contributed by atoms with Gasteiger partial charge in [-0.3, -0.25) is 0 Å². The van der Waals surface area contributed by atoms with E-state index in [2.05, 4.69) is 23.5 Å². The average Bonchev–Trinajstić information content (AvgIpc) is 2.60. The van der Waals surface area contributed by atoms with Crippen molar-refractivity contribution in [2.75, 3.05) is 5.32 Å². The molecule has 0 heterocycles. The second kappa shape index (κ2) is 7.35. The fourth-order valence-electron chi connectivity index (χ4n) is 2.82. The van der Waals surface area contributed by atoms with Crippen molar-refractivity contribution in [3.05, 3.63) is 66.2 Å². The highest BCUT2D eigenvalue weighted by Crippen LogP contribution is 2.29. The second-order valence-corrected chi connectivity index (χ2v) is 7.91. The smallest absolute Gasteiger partial charge is 0.238 e. The number of ether oxygens (including phenoxy) is 1. The Morgan fingerprint density at radius 3 is 2.35 bits per heavy atom. The summed E-state index contributed by atoms with van der Waals surface area (Å²) in [6, 6.07) is 18.6. The van der Waals surface area contributed by atoms with Crippen LogP contribution in [0.5, 0.6) is 5.75 Å². The Kier molecular flexibility index (Phi) is 5.15. The normalized spacial score (nSPS) is 11.7. The zero-order valence-corrected chi connectivity index (χ0v) is 15.6. The number of hydrogen-bond acceptors (Lipinski definition) is 4. The van der Waals surface area contributed by atoms with E-state index in [1.54, 1.807) is 12.1 Å². The molecular weight excluding hydrogens is 348 g/mol. The van der Waals surface area contributed by atoms with Crippen molar-refractivity contribution >= 4 is 26.5 Å². The van der Waals surface area contributed by atoms with Gasteiger partial charge in [-0.15, -0.1) is 0 Å². The Morgan fingerprint density at radius 1 is 1.00 bits per heavy atom. The number of sulfonamides is 1. The molecule has 3 aromatic rings. The van der Waals surface area contributed by atoms with Crippen LogP contribution < -0.4 is 15.2 Å². The third-order valence-corrected chi connectivity index (χ3v) is 4.94. The van der Waals surface area contributed by atoms with Gasteiger partial charge in [0.1, 0.15) is 5.75 Å². The Hall–Kier alpha value is -2.57. The van der Waals surface area contributed by atoms with Gasteiger partial charge in [0.2, 0.25) is 10.0 Å². The molecule has 0 unspecified atom stereocenters. The van der Waals surface area contributed by atoms with Gasteiger partial charge in [-0.1, -0.05) is 30.3 Å². The van der Waals surface area contributed by atoms with E-state index in [1.165, 1.54) is 12.1 Å². The molecule has 0 bridgehead atoms. The molecule has 0 amide bonds. The highest BCUT2D eigenvalue weighted by molar-refractivity contribution is 7.89. The van der Waals surface area contributed by atoms with E-state index in [4.69, 9.17) is 9.88 Å². The summed E-state index contributed by atoms with van der Waals surface area (Å²) >= 11 is 0. The molecule has 0 spiro atoms. The van der Waals surface area contributed by atoms with Crippen LogP contribution in [0.3, 0.4) is 0 Å². The van der Waals surface area contributed by atoms with Gasteiger partial charge in [0.25, 0.3) is 0 Å². The van der Waals surface area contributed by atoms with Crippen LogP contribution in [0, 0.1) is 0 Å². The summed E-state index contributed by atoms with van der Waals surface area (Å²) in [6.07, 6.45) is 0.0731. The third kappa shape index (κ3) is 4.15. The Balaban J connectivity index is 1.89. The lowest BCUT2D eigenvalue weighted by Crippen LogP contribution is -2.12. The number of benzene rings is 3. The molecule has 3 rings (SSSR count). The SMILES string of the molecule is CC(C)Oc1ccc2ccccc2c1CNc1ccc(S(N)(=O)=O)cc1. The first-order valence-electron chi connectivity index (χ1n) is 8.38. The van der Waals surface area contributed by atoms with Crippen LogP contribution >= 0.6 is 0 Å². The molecule has 0 aliphatic rings. The van der Waals surface area contributed by atoms with E-state index in [0.29, 0.717) is 6.54 Å². The minimum Gasteiger partial charge on any atom is -0.491 e. The van der Waals surface area contributed by atoms with E-state index >= 15 is 0 Å². The van der Waals surface area contributed by atoms with E-state index in [-0.39, 0.29) is 11.0 Å². The van der Waals surface area contributed by atoms with Crippen molar-refractivity contribution in [3.8, 4) is 5.75 Å². The highest BCUT2D eigenvalue weighted by Gasteiger charge is 2.11. The molecule has 3 aromatic carbocycles. The number of rotatable bonds is 6. The van der Waals surface area contributed by atoms with Crippen molar-refractivity contribution in [1.29, 1.82) is 0 Å². The summed E-state index contributed by atoms with van der Waals surface area (Å²) in [5.74, 6) is 0.840. The predicted octanol–water partition coefficient (Wildman–Crippen LogP) is 3.89. The number of nitrogens with one attached hydrogen (secondary N) is 1. The first kappa shape index (κ1) is 18.2. The first-order chi connectivity index (χ1) is 12.3. The van der Waals surface area contributed by atoms with Crippen molar-refractivity contribution in [3.63, 3.8) is 0 Å². The molecule has 6 heteroatoms. The molecular formula is C20H22N2O3S. The molecule has 26 heavy (non-hydrogen) atoms. The maximum Gasteiger partial charge on any atom is 0.238 e. The zero-order valence-electron chi connectivity index (χ0n) is 14.8. The van der Waals surface area contributed by atoms with Crippen LogP contribution in [0.25, 0.3) is 10.8 Å². The second-order valence-electron chi connectivity index (χ2n) is 6.35. The quantitative estimate of drug-likeness (QED) is 0.690. The van der Waals surface area contributed by atoms with E-state index in [0.717, 1.165) is 27.8 Å². The van der Waals surface area contributed by atoms with Gasteiger partial charge in [0, 0.05) is 17.8 Å². The molecule has 0 fully saturated rings. The topological polar surface area (TPSA) is 81.4 Å².